The maximum absolute atomic E-state index is 12.9. The molecule has 0 aliphatic carbocycles. The Morgan fingerprint density at radius 1 is 1.23 bits per heavy atom. The largest absolute Gasteiger partial charge is 0.573 e. The van der Waals surface area contributed by atoms with Gasteiger partial charge in [0.25, 0.3) is 5.91 Å². The average molecular weight is 441 g/mol. The second-order valence-corrected chi connectivity index (χ2v) is 7.68. The Morgan fingerprint density at radius 2 is 1.90 bits per heavy atom. The molecule has 0 saturated carbocycles. The van der Waals surface area contributed by atoms with Gasteiger partial charge in [0, 0.05) is 13.6 Å². The summed E-state index contributed by atoms with van der Waals surface area (Å²) >= 11 is 1.49. The van der Waals surface area contributed by atoms with Crippen LogP contribution in [0.1, 0.15) is 18.1 Å². The number of carbonyl (C=O) groups is 3. The van der Waals surface area contributed by atoms with Gasteiger partial charge in [-0.2, -0.15) is 11.3 Å². The first-order valence-electron chi connectivity index (χ1n) is 8.75. The van der Waals surface area contributed by atoms with E-state index in [0.29, 0.717) is 6.54 Å². The quantitative estimate of drug-likeness (QED) is 0.699. The molecule has 2 aromatic rings. The van der Waals surface area contributed by atoms with Gasteiger partial charge in [0.2, 0.25) is 5.91 Å². The molecule has 1 saturated heterocycles. The topological polar surface area (TPSA) is 79.0 Å². The van der Waals surface area contributed by atoms with E-state index in [2.05, 4.69) is 10.1 Å². The molecule has 1 aromatic carbocycles. The molecule has 3 rings (SSSR count). The van der Waals surface area contributed by atoms with Crippen LogP contribution in [0.25, 0.3) is 0 Å². The number of rotatable bonds is 6. The van der Waals surface area contributed by atoms with Crippen LogP contribution in [0, 0.1) is 0 Å². The Kier molecular flexibility index (Phi) is 5.75. The van der Waals surface area contributed by atoms with Crippen molar-refractivity contribution < 1.29 is 32.3 Å². The number of urea groups is 1. The molecule has 1 unspecified atom stereocenters. The van der Waals surface area contributed by atoms with E-state index in [1.807, 2.05) is 16.8 Å². The summed E-state index contributed by atoms with van der Waals surface area (Å²) in [5.41, 5.74) is -0.323. The van der Waals surface area contributed by atoms with Crippen LogP contribution in [0.5, 0.6) is 5.75 Å². The number of benzene rings is 1. The molecule has 1 aromatic heterocycles. The van der Waals surface area contributed by atoms with Crippen LogP contribution in [-0.2, 0) is 21.7 Å². The van der Waals surface area contributed by atoms with Gasteiger partial charge in [-0.15, -0.1) is 13.2 Å². The summed E-state index contributed by atoms with van der Waals surface area (Å²) in [5, 5.41) is 6.28. The van der Waals surface area contributed by atoms with E-state index >= 15 is 0 Å². The SMILES string of the molecule is CN(Cc1ccsc1)C(=O)CN1C(=O)NC(C)(c2ccc(OC(F)(F)F)cc2)C1=O. The number of alkyl halides is 3. The molecule has 1 fully saturated rings. The van der Waals surface area contributed by atoms with E-state index in [1.54, 1.807) is 7.05 Å². The number of likely N-dealkylation sites (N-methyl/N-ethyl adjacent to an activating group) is 1. The fourth-order valence-electron chi connectivity index (χ4n) is 3.03. The number of nitrogens with zero attached hydrogens (tertiary/aromatic N) is 2. The van der Waals surface area contributed by atoms with Crippen LogP contribution in [0.3, 0.4) is 0 Å². The zero-order valence-corrected chi connectivity index (χ0v) is 16.8. The molecule has 1 N–H and O–H groups in total. The highest BCUT2D eigenvalue weighted by atomic mass is 32.1. The van der Waals surface area contributed by atoms with Crippen LogP contribution in [0.4, 0.5) is 18.0 Å². The summed E-state index contributed by atoms with van der Waals surface area (Å²) in [6.45, 7) is 1.31. The number of halogens is 3. The van der Waals surface area contributed by atoms with Gasteiger partial charge in [-0.3, -0.25) is 14.5 Å². The lowest BCUT2D eigenvalue weighted by atomic mass is 9.92. The van der Waals surface area contributed by atoms with Crippen molar-refractivity contribution in [3.8, 4) is 5.75 Å². The van der Waals surface area contributed by atoms with Crippen molar-refractivity contribution in [1.82, 2.24) is 15.1 Å². The number of ether oxygens (including phenoxy) is 1. The minimum Gasteiger partial charge on any atom is -0.406 e. The van der Waals surface area contributed by atoms with Gasteiger partial charge in [-0.1, -0.05) is 12.1 Å². The van der Waals surface area contributed by atoms with Gasteiger partial charge in [-0.25, -0.2) is 4.79 Å². The Balaban J connectivity index is 1.70. The van der Waals surface area contributed by atoms with Crippen LogP contribution in [-0.4, -0.2) is 47.6 Å². The zero-order valence-electron chi connectivity index (χ0n) is 16.0. The molecule has 4 amide bonds. The molecule has 0 radical (unpaired) electrons. The van der Waals surface area contributed by atoms with Crippen LogP contribution in [0.15, 0.2) is 41.1 Å². The van der Waals surface area contributed by atoms with E-state index in [4.69, 9.17) is 0 Å². The van der Waals surface area contributed by atoms with Gasteiger partial charge in [0.1, 0.15) is 17.8 Å². The summed E-state index contributed by atoms with van der Waals surface area (Å²) in [5.74, 6) is -1.55. The molecular weight excluding hydrogens is 423 g/mol. The Bertz CT molecular complexity index is 947. The predicted octanol–water partition coefficient (Wildman–Crippen LogP) is 3.07. The molecule has 1 atom stereocenters. The maximum atomic E-state index is 12.9. The van der Waals surface area contributed by atoms with Crippen molar-refractivity contribution in [2.45, 2.75) is 25.4 Å². The van der Waals surface area contributed by atoms with E-state index < -0.39 is 42.0 Å². The normalized spacial score (nSPS) is 19.0. The van der Waals surface area contributed by atoms with Crippen LogP contribution in [0.2, 0.25) is 0 Å². The smallest absolute Gasteiger partial charge is 0.406 e. The van der Waals surface area contributed by atoms with Crippen molar-refractivity contribution in [2.24, 2.45) is 0 Å². The Labute approximate surface area is 174 Å². The number of carbonyl (C=O) groups excluding carboxylic acids is 3. The zero-order chi connectivity index (χ0) is 22.1. The third kappa shape index (κ3) is 4.56. The molecule has 0 spiro atoms. The Hall–Kier alpha value is -3.08. The molecule has 1 aliphatic heterocycles. The van der Waals surface area contributed by atoms with Crippen molar-refractivity contribution >= 4 is 29.2 Å². The third-order valence-corrected chi connectivity index (χ3v) is 5.39. The second-order valence-electron chi connectivity index (χ2n) is 6.90. The fraction of sp³-hybridized carbons (Fsp3) is 0.316. The molecule has 30 heavy (non-hydrogen) atoms. The predicted molar refractivity (Wildman–Crippen MR) is 102 cm³/mol. The number of thiophene rings is 1. The van der Waals surface area contributed by atoms with Crippen molar-refractivity contribution in [3.63, 3.8) is 0 Å². The molecule has 11 heteroatoms. The molecule has 1 aliphatic rings. The van der Waals surface area contributed by atoms with E-state index in [1.165, 1.54) is 35.3 Å². The molecule has 160 valence electrons. The summed E-state index contributed by atoms with van der Waals surface area (Å²) in [6.07, 6.45) is -4.84. The number of nitrogens with one attached hydrogen (secondary N) is 1. The first kappa shape index (κ1) is 21.6. The highest BCUT2D eigenvalue weighted by Gasteiger charge is 2.49. The minimum atomic E-state index is -4.84. The summed E-state index contributed by atoms with van der Waals surface area (Å²) < 4.78 is 40.8. The number of amides is 4. The first-order chi connectivity index (χ1) is 14.0. The highest BCUT2D eigenvalue weighted by Crippen LogP contribution is 2.31. The van der Waals surface area contributed by atoms with Gasteiger partial charge in [0.05, 0.1) is 0 Å². The summed E-state index contributed by atoms with van der Waals surface area (Å²) in [6, 6.07) is 5.73. The molecule has 7 nitrogen and oxygen atoms in total. The Morgan fingerprint density at radius 3 is 2.47 bits per heavy atom. The second kappa shape index (κ2) is 7.98. The van der Waals surface area contributed by atoms with Crippen molar-refractivity contribution in [1.29, 1.82) is 0 Å². The standard InChI is InChI=1S/C19H18F3N3O4S/c1-18(13-3-5-14(6-4-13)29-19(20,21)22)16(27)25(17(28)23-18)10-15(26)24(2)9-12-7-8-30-11-12/h3-8,11H,9-10H2,1-2H3,(H,23,28). The molecule has 0 bridgehead atoms. The van der Waals surface area contributed by atoms with Crippen molar-refractivity contribution in [2.75, 3.05) is 13.6 Å². The van der Waals surface area contributed by atoms with Gasteiger partial charge >= 0.3 is 12.4 Å². The highest BCUT2D eigenvalue weighted by molar-refractivity contribution is 7.07. The van der Waals surface area contributed by atoms with Gasteiger partial charge in [-0.05, 0) is 47.0 Å². The molecule has 2 heterocycles. The number of hydrogen-bond donors (Lipinski definition) is 1. The lowest BCUT2D eigenvalue weighted by molar-refractivity contribution is -0.274. The lowest BCUT2D eigenvalue weighted by Crippen LogP contribution is -2.43. The summed E-state index contributed by atoms with van der Waals surface area (Å²) in [7, 11) is 1.57. The van der Waals surface area contributed by atoms with Crippen LogP contribution >= 0.6 is 11.3 Å². The van der Waals surface area contributed by atoms with Gasteiger partial charge in [0.15, 0.2) is 0 Å². The fourth-order valence-corrected chi connectivity index (χ4v) is 3.69. The van der Waals surface area contributed by atoms with E-state index in [0.717, 1.165) is 22.6 Å². The monoisotopic (exact) mass is 441 g/mol. The van der Waals surface area contributed by atoms with Gasteiger partial charge < -0.3 is 15.0 Å². The minimum absolute atomic E-state index is 0.261. The summed E-state index contributed by atoms with van der Waals surface area (Å²) in [4.78, 5) is 39.9. The van der Waals surface area contributed by atoms with E-state index in [9.17, 15) is 27.6 Å². The number of imide groups is 1. The van der Waals surface area contributed by atoms with E-state index in [-0.39, 0.29) is 5.56 Å². The maximum Gasteiger partial charge on any atom is 0.573 e. The third-order valence-electron chi connectivity index (χ3n) is 4.66. The first-order valence-corrected chi connectivity index (χ1v) is 9.69. The molecular formula is C19H18F3N3O4S. The van der Waals surface area contributed by atoms with Crippen molar-refractivity contribution in [3.05, 3.63) is 52.2 Å². The van der Waals surface area contributed by atoms with Crippen LogP contribution < -0.4 is 10.1 Å². The number of hydrogen-bond acceptors (Lipinski definition) is 5. The average Bonchev–Trinajstić information content (AvgIpc) is 3.23. The lowest BCUT2D eigenvalue weighted by Gasteiger charge is -2.23.